The molecule has 0 radical (unpaired) electrons. The van der Waals surface area contributed by atoms with Crippen LogP contribution in [-0.4, -0.2) is 11.7 Å². The molecule has 0 aliphatic rings. The quantitative estimate of drug-likeness (QED) is 0.740. The van der Waals surface area contributed by atoms with Crippen molar-refractivity contribution in [1.82, 2.24) is 0 Å². The zero-order valence-corrected chi connectivity index (χ0v) is 9.27. The smallest absolute Gasteiger partial charge is 0.0450 e. The van der Waals surface area contributed by atoms with Crippen molar-refractivity contribution >= 4 is 29.3 Å². The van der Waals surface area contributed by atoms with E-state index in [4.69, 9.17) is 11.6 Å². The van der Waals surface area contributed by atoms with Gasteiger partial charge in [0.25, 0.3) is 0 Å². The van der Waals surface area contributed by atoms with Gasteiger partial charge < -0.3 is 9.90 Å². The number of hydrogen-bond acceptors (Lipinski definition) is 3. The van der Waals surface area contributed by atoms with Crippen molar-refractivity contribution in [2.24, 2.45) is 5.92 Å². The number of thioether (sulfide) groups is 1. The molecule has 4 heteroatoms. The summed E-state index contributed by atoms with van der Waals surface area (Å²) in [6, 6.07) is 7.31. The molecule has 76 valence electrons. The first-order valence-corrected chi connectivity index (χ1v) is 5.55. The number of halogens is 1. The summed E-state index contributed by atoms with van der Waals surface area (Å²) >= 11 is 7.20. The van der Waals surface area contributed by atoms with Crippen LogP contribution in [0.15, 0.2) is 29.2 Å². The van der Waals surface area contributed by atoms with Gasteiger partial charge in [-0.2, -0.15) is 0 Å². The van der Waals surface area contributed by atoms with Gasteiger partial charge in [-0.25, -0.2) is 0 Å². The Balaban J connectivity index is 2.46. The summed E-state index contributed by atoms with van der Waals surface area (Å²) in [5.41, 5.74) is 0. The Hall–Kier alpha value is -0.670. The van der Waals surface area contributed by atoms with Crippen LogP contribution in [0.2, 0.25) is 5.02 Å². The molecule has 0 N–H and O–H groups in total. The molecule has 1 aromatic rings. The van der Waals surface area contributed by atoms with Gasteiger partial charge >= 0.3 is 0 Å². The first-order chi connectivity index (χ1) is 6.59. The lowest BCUT2D eigenvalue weighted by atomic mass is 10.2. The molecule has 2 nitrogen and oxygen atoms in total. The van der Waals surface area contributed by atoms with Crippen LogP contribution < -0.4 is 5.11 Å². The van der Waals surface area contributed by atoms with E-state index >= 15 is 0 Å². The van der Waals surface area contributed by atoms with Crippen molar-refractivity contribution in [3.8, 4) is 0 Å². The third-order valence-electron chi connectivity index (χ3n) is 1.72. The molecule has 0 amide bonds. The Morgan fingerprint density at radius 3 is 2.57 bits per heavy atom. The van der Waals surface area contributed by atoms with Gasteiger partial charge in [-0.15, -0.1) is 11.8 Å². The number of carbonyl (C=O) groups excluding carboxylic acids is 1. The Morgan fingerprint density at radius 1 is 1.50 bits per heavy atom. The highest BCUT2D eigenvalue weighted by Gasteiger charge is 2.03. The predicted octanol–water partition coefficient (Wildman–Crippen LogP) is 1.82. The molecule has 0 unspecified atom stereocenters. The SMILES string of the molecule is C[C@H](CSc1ccc(Cl)cc1)C(=O)[O-]. The molecule has 1 rings (SSSR count). The fraction of sp³-hybridized carbons (Fsp3) is 0.300. The van der Waals surface area contributed by atoms with Crippen LogP contribution in [0.5, 0.6) is 0 Å². The van der Waals surface area contributed by atoms with Gasteiger partial charge in [0.2, 0.25) is 0 Å². The Labute approximate surface area is 92.3 Å². The van der Waals surface area contributed by atoms with Gasteiger partial charge in [0.05, 0.1) is 0 Å². The number of rotatable bonds is 4. The van der Waals surface area contributed by atoms with Crippen molar-refractivity contribution in [3.63, 3.8) is 0 Å². The molecule has 0 heterocycles. The first-order valence-electron chi connectivity index (χ1n) is 4.19. The largest absolute Gasteiger partial charge is 0.550 e. The monoisotopic (exact) mass is 229 g/mol. The van der Waals surface area contributed by atoms with E-state index < -0.39 is 11.9 Å². The number of carboxylic acids is 1. The number of carboxylic acid groups (broad SMARTS) is 1. The van der Waals surface area contributed by atoms with Crippen molar-refractivity contribution in [1.29, 1.82) is 0 Å². The molecular weight excluding hydrogens is 220 g/mol. The van der Waals surface area contributed by atoms with E-state index in [1.165, 1.54) is 11.8 Å². The van der Waals surface area contributed by atoms with E-state index in [0.29, 0.717) is 10.8 Å². The van der Waals surface area contributed by atoms with E-state index in [1.54, 1.807) is 19.1 Å². The maximum Gasteiger partial charge on any atom is 0.0450 e. The number of hydrogen-bond donors (Lipinski definition) is 0. The lowest BCUT2D eigenvalue weighted by Crippen LogP contribution is -2.30. The van der Waals surface area contributed by atoms with Gasteiger partial charge in [0.1, 0.15) is 0 Å². The molecule has 1 atom stereocenters. The van der Waals surface area contributed by atoms with E-state index in [2.05, 4.69) is 0 Å². The average molecular weight is 230 g/mol. The Kier molecular flexibility index (Phi) is 4.29. The number of benzene rings is 1. The zero-order valence-electron chi connectivity index (χ0n) is 7.70. The van der Waals surface area contributed by atoms with E-state index in [0.717, 1.165) is 4.90 Å². The highest BCUT2D eigenvalue weighted by Crippen LogP contribution is 2.22. The van der Waals surface area contributed by atoms with E-state index in [9.17, 15) is 9.90 Å². The zero-order chi connectivity index (χ0) is 10.6. The molecule has 0 bridgehead atoms. The predicted molar refractivity (Wildman–Crippen MR) is 56.3 cm³/mol. The standard InChI is InChI=1S/C10H11ClO2S/c1-7(10(12)13)6-14-9-4-2-8(11)3-5-9/h2-5,7H,6H2,1H3,(H,12,13)/p-1/t7-/m1/s1. The second kappa shape index (κ2) is 5.27. The minimum absolute atomic E-state index is 0.435. The summed E-state index contributed by atoms with van der Waals surface area (Å²) in [5.74, 6) is -0.925. The average Bonchev–Trinajstić information content (AvgIpc) is 2.16. The lowest BCUT2D eigenvalue weighted by molar-refractivity contribution is -0.310. The van der Waals surface area contributed by atoms with Gasteiger partial charge in [0.15, 0.2) is 0 Å². The van der Waals surface area contributed by atoms with Crippen LogP contribution in [0.1, 0.15) is 6.92 Å². The fourth-order valence-electron chi connectivity index (χ4n) is 0.820. The number of aliphatic carboxylic acids is 1. The normalized spacial score (nSPS) is 12.4. The van der Waals surface area contributed by atoms with Crippen LogP contribution in [0.4, 0.5) is 0 Å². The lowest BCUT2D eigenvalue weighted by Gasteiger charge is -2.11. The maximum absolute atomic E-state index is 10.4. The molecule has 0 spiro atoms. The van der Waals surface area contributed by atoms with Crippen molar-refractivity contribution in [2.45, 2.75) is 11.8 Å². The molecule has 0 saturated carbocycles. The Bertz CT molecular complexity index is 310. The molecule has 0 fully saturated rings. The van der Waals surface area contributed by atoms with Crippen LogP contribution in [-0.2, 0) is 4.79 Å². The van der Waals surface area contributed by atoms with Crippen molar-refractivity contribution in [3.05, 3.63) is 29.3 Å². The minimum Gasteiger partial charge on any atom is -0.550 e. The van der Waals surface area contributed by atoms with Gasteiger partial charge in [-0.3, -0.25) is 0 Å². The summed E-state index contributed by atoms with van der Waals surface area (Å²) in [5, 5.41) is 11.1. The van der Waals surface area contributed by atoms with Crippen molar-refractivity contribution < 1.29 is 9.90 Å². The molecule has 1 aromatic carbocycles. The van der Waals surface area contributed by atoms with E-state index in [-0.39, 0.29) is 0 Å². The fourth-order valence-corrected chi connectivity index (χ4v) is 1.85. The topological polar surface area (TPSA) is 40.1 Å². The van der Waals surface area contributed by atoms with Crippen LogP contribution in [0, 0.1) is 5.92 Å². The van der Waals surface area contributed by atoms with E-state index in [1.807, 2.05) is 12.1 Å². The van der Waals surface area contributed by atoms with Crippen LogP contribution >= 0.6 is 23.4 Å². The van der Waals surface area contributed by atoms with Gasteiger partial charge in [-0.1, -0.05) is 18.5 Å². The van der Waals surface area contributed by atoms with Gasteiger partial charge in [0, 0.05) is 27.6 Å². The summed E-state index contributed by atoms with van der Waals surface area (Å²) < 4.78 is 0. The summed E-state index contributed by atoms with van der Waals surface area (Å²) in [4.78, 5) is 11.4. The van der Waals surface area contributed by atoms with Crippen LogP contribution in [0.3, 0.4) is 0 Å². The molecule has 0 aliphatic carbocycles. The molecular formula is C10H10ClO2S-. The minimum atomic E-state index is -1.01. The summed E-state index contributed by atoms with van der Waals surface area (Å²) in [6.07, 6.45) is 0. The van der Waals surface area contributed by atoms with Gasteiger partial charge in [-0.05, 0) is 24.3 Å². The third-order valence-corrected chi connectivity index (χ3v) is 3.24. The Morgan fingerprint density at radius 2 is 2.07 bits per heavy atom. The second-order valence-corrected chi connectivity index (χ2v) is 4.51. The number of carbonyl (C=O) groups is 1. The van der Waals surface area contributed by atoms with Crippen LogP contribution in [0.25, 0.3) is 0 Å². The molecule has 0 aromatic heterocycles. The van der Waals surface area contributed by atoms with Crippen molar-refractivity contribution in [2.75, 3.05) is 5.75 Å². The maximum atomic E-state index is 10.4. The second-order valence-electron chi connectivity index (χ2n) is 2.99. The molecule has 14 heavy (non-hydrogen) atoms. The third kappa shape index (κ3) is 3.60. The first kappa shape index (κ1) is 11.4. The molecule has 0 aliphatic heterocycles. The summed E-state index contributed by atoms with van der Waals surface area (Å²) in [7, 11) is 0. The highest BCUT2D eigenvalue weighted by molar-refractivity contribution is 7.99. The molecule has 0 saturated heterocycles. The highest BCUT2D eigenvalue weighted by atomic mass is 35.5. The summed E-state index contributed by atoms with van der Waals surface area (Å²) in [6.45, 7) is 1.64.